The highest BCUT2D eigenvalue weighted by molar-refractivity contribution is 6.30. The Hall–Kier alpha value is -2.37. The topological polar surface area (TPSA) is 61.4 Å². The van der Waals surface area contributed by atoms with Crippen LogP contribution in [-0.2, 0) is 15.0 Å². The number of likely N-dealkylation sites (tertiary alicyclic amines) is 1. The van der Waals surface area contributed by atoms with Gasteiger partial charge in [-0.15, -0.1) is 0 Å². The van der Waals surface area contributed by atoms with Crippen LogP contribution in [0.1, 0.15) is 69.4 Å². The van der Waals surface area contributed by atoms with E-state index >= 15 is 0 Å². The number of nitrogens with one attached hydrogen (secondary N) is 2. The van der Waals surface area contributed by atoms with Crippen LogP contribution in [0.25, 0.3) is 0 Å². The third-order valence-corrected chi connectivity index (χ3v) is 7.96. The first-order chi connectivity index (χ1) is 16.9. The Morgan fingerprint density at radius 1 is 1.09 bits per heavy atom. The minimum absolute atomic E-state index is 0.0247. The lowest BCUT2D eigenvalue weighted by Crippen LogP contribution is -2.49. The van der Waals surface area contributed by atoms with E-state index in [9.17, 15) is 9.59 Å². The Kier molecular flexibility index (Phi) is 8.51. The van der Waals surface area contributed by atoms with Gasteiger partial charge < -0.3 is 15.5 Å². The molecule has 1 saturated carbocycles. The first-order valence-electron chi connectivity index (χ1n) is 13.0. The number of benzene rings is 2. The summed E-state index contributed by atoms with van der Waals surface area (Å²) in [5.41, 5.74) is 2.92. The number of hydrogen-bond donors (Lipinski definition) is 2. The lowest BCUT2D eigenvalue weighted by molar-refractivity contribution is -0.130. The van der Waals surface area contributed by atoms with Gasteiger partial charge in [-0.25, -0.2) is 0 Å². The van der Waals surface area contributed by atoms with Gasteiger partial charge >= 0.3 is 0 Å². The molecule has 0 spiro atoms. The molecule has 188 valence electrons. The van der Waals surface area contributed by atoms with Gasteiger partial charge in [0.2, 0.25) is 11.8 Å². The Labute approximate surface area is 214 Å². The van der Waals surface area contributed by atoms with Crippen molar-refractivity contribution in [2.24, 2.45) is 5.92 Å². The van der Waals surface area contributed by atoms with Crippen LogP contribution in [0.4, 0.5) is 5.69 Å². The monoisotopic (exact) mass is 495 g/mol. The molecular formula is C29H38ClN3O2. The van der Waals surface area contributed by atoms with Crippen molar-refractivity contribution in [3.8, 4) is 0 Å². The Morgan fingerprint density at radius 3 is 2.43 bits per heavy atom. The zero-order chi connectivity index (χ0) is 24.8. The fourth-order valence-electron chi connectivity index (χ4n) is 5.27. The number of rotatable bonds is 9. The highest BCUT2D eigenvalue weighted by Crippen LogP contribution is 2.44. The van der Waals surface area contributed by atoms with Crippen LogP contribution < -0.4 is 10.6 Å². The van der Waals surface area contributed by atoms with E-state index in [1.54, 1.807) is 0 Å². The predicted octanol–water partition coefficient (Wildman–Crippen LogP) is 5.74. The van der Waals surface area contributed by atoms with E-state index in [0.29, 0.717) is 17.5 Å². The maximum Gasteiger partial charge on any atom is 0.230 e. The van der Waals surface area contributed by atoms with Gasteiger partial charge in [-0.1, -0.05) is 56.1 Å². The molecular weight excluding hydrogens is 458 g/mol. The van der Waals surface area contributed by atoms with Crippen LogP contribution in [0.2, 0.25) is 5.02 Å². The smallest absolute Gasteiger partial charge is 0.230 e. The second kappa shape index (κ2) is 11.6. The summed E-state index contributed by atoms with van der Waals surface area (Å²) in [5, 5.41) is 6.93. The highest BCUT2D eigenvalue weighted by Gasteiger charge is 2.45. The molecule has 0 bridgehead atoms. The molecule has 0 aromatic heterocycles. The number of carbonyl (C=O) groups excluding carboxylic acids is 2. The molecule has 4 rings (SSSR count). The fourth-order valence-corrected chi connectivity index (χ4v) is 5.39. The van der Waals surface area contributed by atoms with Crippen molar-refractivity contribution in [2.75, 3.05) is 31.5 Å². The van der Waals surface area contributed by atoms with E-state index in [0.717, 1.165) is 69.4 Å². The summed E-state index contributed by atoms with van der Waals surface area (Å²) in [4.78, 5) is 27.6. The van der Waals surface area contributed by atoms with Crippen LogP contribution in [-0.4, -0.2) is 42.9 Å². The average Bonchev–Trinajstić information content (AvgIpc) is 2.83. The molecule has 0 radical (unpaired) electrons. The van der Waals surface area contributed by atoms with Crippen LogP contribution in [0.5, 0.6) is 0 Å². The second-order valence-corrected chi connectivity index (χ2v) is 10.9. The van der Waals surface area contributed by atoms with Crippen LogP contribution in [0.15, 0.2) is 48.5 Å². The van der Waals surface area contributed by atoms with Crippen molar-refractivity contribution in [1.82, 2.24) is 10.2 Å². The Morgan fingerprint density at radius 2 is 1.80 bits per heavy atom. The molecule has 6 heteroatoms. The summed E-state index contributed by atoms with van der Waals surface area (Å²) in [5.74, 6) is 0.720. The molecule has 35 heavy (non-hydrogen) atoms. The molecule has 2 fully saturated rings. The van der Waals surface area contributed by atoms with Crippen LogP contribution in [0.3, 0.4) is 0 Å². The van der Waals surface area contributed by atoms with Gasteiger partial charge in [-0.05, 0) is 93.0 Å². The van der Waals surface area contributed by atoms with Crippen molar-refractivity contribution >= 4 is 29.1 Å². The molecule has 2 aliphatic rings. The standard InChI is InChI=1S/C29H38ClN3O2/c1-21(2)27(34)32-26-7-3-6-23(20-26)22-12-18-33(19-13-22)17-5-16-31-28(35)29(14-4-15-29)24-8-10-25(30)11-9-24/h3,6-11,20-22H,4-5,12-19H2,1-2H3,(H,31,35)(H,32,34). The highest BCUT2D eigenvalue weighted by atomic mass is 35.5. The summed E-state index contributed by atoms with van der Waals surface area (Å²) < 4.78 is 0. The number of anilines is 1. The van der Waals surface area contributed by atoms with E-state index < -0.39 is 0 Å². The molecule has 2 amide bonds. The van der Waals surface area contributed by atoms with Crippen molar-refractivity contribution < 1.29 is 9.59 Å². The van der Waals surface area contributed by atoms with Gasteiger partial charge in [0.25, 0.3) is 0 Å². The molecule has 1 aliphatic heterocycles. The minimum Gasteiger partial charge on any atom is -0.355 e. The normalized spacial score (nSPS) is 18.2. The van der Waals surface area contributed by atoms with Crippen molar-refractivity contribution in [1.29, 1.82) is 0 Å². The van der Waals surface area contributed by atoms with E-state index in [1.165, 1.54) is 5.56 Å². The molecule has 1 heterocycles. The summed E-state index contributed by atoms with van der Waals surface area (Å²) in [6.07, 6.45) is 6.12. The molecule has 2 aromatic carbocycles. The summed E-state index contributed by atoms with van der Waals surface area (Å²) in [6, 6.07) is 16.1. The Bertz CT molecular complexity index is 1010. The lowest BCUT2D eigenvalue weighted by atomic mass is 9.64. The third kappa shape index (κ3) is 6.25. The summed E-state index contributed by atoms with van der Waals surface area (Å²) >= 11 is 6.04. The fraction of sp³-hybridized carbons (Fsp3) is 0.517. The van der Waals surface area contributed by atoms with Gasteiger partial charge in [0.05, 0.1) is 5.41 Å². The molecule has 0 unspecified atom stereocenters. The van der Waals surface area contributed by atoms with Gasteiger partial charge in [0.15, 0.2) is 0 Å². The summed E-state index contributed by atoms with van der Waals surface area (Å²) in [7, 11) is 0. The van der Waals surface area contributed by atoms with E-state index in [-0.39, 0.29) is 23.1 Å². The van der Waals surface area contributed by atoms with Gasteiger partial charge in [-0.3, -0.25) is 9.59 Å². The maximum atomic E-state index is 13.0. The van der Waals surface area contributed by atoms with Gasteiger partial charge in [0.1, 0.15) is 0 Å². The minimum atomic E-state index is -0.369. The molecule has 1 aliphatic carbocycles. The number of piperidine rings is 1. The molecule has 1 saturated heterocycles. The first kappa shape index (κ1) is 25.7. The second-order valence-electron chi connectivity index (χ2n) is 10.4. The SMILES string of the molecule is CC(C)C(=O)Nc1cccc(C2CCN(CCCNC(=O)C3(c4ccc(Cl)cc4)CCC3)CC2)c1. The number of nitrogens with zero attached hydrogens (tertiary/aromatic N) is 1. The quantitative estimate of drug-likeness (QED) is 0.436. The zero-order valence-corrected chi connectivity index (χ0v) is 21.7. The zero-order valence-electron chi connectivity index (χ0n) is 21.0. The van der Waals surface area contributed by atoms with Gasteiger partial charge in [-0.2, -0.15) is 0 Å². The maximum absolute atomic E-state index is 13.0. The number of halogens is 1. The number of carbonyl (C=O) groups is 2. The van der Waals surface area contributed by atoms with Crippen molar-refractivity contribution in [3.63, 3.8) is 0 Å². The van der Waals surface area contributed by atoms with Crippen LogP contribution in [0, 0.1) is 5.92 Å². The molecule has 5 nitrogen and oxygen atoms in total. The van der Waals surface area contributed by atoms with Crippen LogP contribution >= 0.6 is 11.6 Å². The van der Waals surface area contributed by atoms with Gasteiger partial charge in [0, 0.05) is 23.2 Å². The Balaban J connectivity index is 1.19. The first-order valence-corrected chi connectivity index (χ1v) is 13.4. The van der Waals surface area contributed by atoms with E-state index in [1.807, 2.05) is 50.2 Å². The lowest BCUT2D eigenvalue weighted by Gasteiger charge is -2.41. The van der Waals surface area contributed by atoms with Crippen molar-refractivity contribution in [2.45, 2.75) is 63.7 Å². The van der Waals surface area contributed by atoms with Crippen molar-refractivity contribution in [3.05, 3.63) is 64.7 Å². The average molecular weight is 496 g/mol. The largest absolute Gasteiger partial charge is 0.355 e. The molecule has 2 aromatic rings. The third-order valence-electron chi connectivity index (χ3n) is 7.71. The molecule has 0 atom stereocenters. The number of hydrogen-bond acceptors (Lipinski definition) is 3. The molecule has 2 N–H and O–H groups in total. The summed E-state index contributed by atoms with van der Waals surface area (Å²) in [6.45, 7) is 7.67. The predicted molar refractivity (Wildman–Crippen MR) is 143 cm³/mol. The van der Waals surface area contributed by atoms with E-state index in [4.69, 9.17) is 11.6 Å². The number of amides is 2. The van der Waals surface area contributed by atoms with E-state index in [2.05, 4.69) is 27.7 Å².